The zero-order valence-corrected chi connectivity index (χ0v) is 8.67. The van der Waals surface area contributed by atoms with Crippen molar-refractivity contribution in [2.24, 2.45) is 5.29 Å². The van der Waals surface area contributed by atoms with E-state index in [9.17, 15) is 30.9 Å². The van der Waals surface area contributed by atoms with Gasteiger partial charge in [0.15, 0.2) is 0 Å². The molecular weight excluding hydrogens is 268 g/mol. The Morgan fingerprint density at radius 1 is 1.12 bits per heavy atom. The predicted octanol–water partition coefficient (Wildman–Crippen LogP) is 2.02. The Hall–Kier alpha value is -1.71. The third kappa shape index (κ3) is 2.70. The molecule has 5 nitrogen and oxygen atoms in total. The molecular formula is C7H4F4N2O3S. The highest BCUT2D eigenvalue weighted by Gasteiger charge is 2.47. The highest BCUT2D eigenvalue weighted by Crippen LogP contribution is 2.29. The molecule has 0 aliphatic rings. The number of rotatable bonds is 3. The van der Waals surface area contributed by atoms with Gasteiger partial charge in [0, 0.05) is 0 Å². The van der Waals surface area contributed by atoms with Crippen LogP contribution in [0.3, 0.4) is 0 Å². The van der Waals surface area contributed by atoms with Gasteiger partial charge in [0.2, 0.25) is 0 Å². The van der Waals surface area contributed by atoms with Crippen molar-refractivity contribution >= 4 is 10.0 Å². The average molecular weight is 272 g/mol. The van der Waals surface area contributed by atoms with Crippen molar-refractivity contribution in [3.63, 3.8) is 0 Å². The zero-order valence-electron chi connectivity index (χ0n) is 7.85. The predicted molar refractivity (Wildman–Crippen MR) is 47.3 cm³/mol. The van der Waals surface area contributed by atoms with Crippen molar-refractivity contribution < 1.29 is 26.0 Å². The van der Waals surface area contributed by atoms with Crippen LogP contribution in [0, 0.1) is 10.7 Å². The van der Waals surface area contributed by atoms with Crippen LogP contribution in [-0.4, -0.2) is 19.1 Å². The number of sulfonamides is 1. The van der Waals surface area contributed by atoms with Crippen LogP contribution in [-0.2, 0) is 10.0 Å². The molecule has 1 aromatic carbocycles. The number of hydrogen-bond donors (Lipinski definition) is 0. The first-order valence-corrected chi connectivity index (χ1v) is 5.34. The summed E-state index contributed by atoms with van der Waals surface area (Å²) in [7, 11) is -5.16. The molecule has 0 saturated heterocycles. The highest BCUT2D eigenvalue weighted by atomic mass is 32.2. The fraction of sp³-hybridized carbons (Fsp3) is 0.143. The Morgan fingerprint density at radius 2 is 1.59 bits per heavy atom. The van der Waals surface area contributed by atoms with E-state index in [0.29, 0.717) is 24.3 Å². The zero-order chi connectivity index (χ0) is 13.3. The summed E-state index contributed by atoms with van der Waals surface area (Å²) in [4.78, 5) is 9.05. The van der Waals surface area contributed by atoms with Crippen LogP contribution in [0.4, 0.5) is 17.6 Å². The molecule has 0 unspecified atom stereocenters. The van der Waals surface area contributed by atoms with E-state index in [1.54, 1.807) is 0 Å². The van der Waals surface area contributed by atoms with Crippen LogP contribution in [0.5, 0.6) is 0 Å². The van der Waals surface area contributed by atoms with Crippen molar-refractivity contribution in [2.75, 3.05) is 0 Å². The molecule has 0 amide bonds. The largest absolute Gasteiger partial charge is 0.517 e. The normalized spacial score (nSPS) is 12.2. The molecule has 0 saturated carbocycles. The lowest BCUT2D eigenvalue weighted by molar-refractivity contribution is -0.210. The Labute approximate surface area is 92.6 Å². The van der Waals surface area contributed by atoms with Gasteiger partial charge in [-0.05, 0) is 24.3 Å². The first-order chi connectivity index (χ1) is 7.69. The third-order valence-electron chi connectivity index (χ3n) is 1.63. The van der Waals surface area contributed by atoms with E-state index in [1.807, 2.05) is 0 Å². The molecule has 0 atom stereocenters. The maximum Gasteiger partial charge on any atom is 0.517 e. The van der Waals surface area contributed by atoms with E-state index >= 15 is 0 Å². The van der Waals surface area contributed by atoms with E-state index in [2.05, 4.69) is 0 Å². The topological polar surface area (TPSA) is 66.8 Å². The summed E-state index contributed by atoms with van der Waals surface area (Å²) in [6, 6.07) is 2.47. The number of nitrogens with zero attached hydrogens (tertiary/aromatic N) is 2. The number of benzene rings is 1. The molecule has 10 heteroatoms. The fourth-order valence-corrected chi connectivity index (χ4v) is 1.97. The van der Waals surface area contributed by atoms with Crippen LogP contribution in [0.15, 0.2) is 34.4 Å². The Kier molecular flexibility index (Phi) is 3.36. The first kappa shape index (κ1) is 13.4. The Balaban J connectivity index is 3.27. The molecule has 0 fully saturated rings. The lowest BCUT2D eigenvalue weighted by atomic mass is 10.4. The summed E-state index contributed by atoms with van der Waals surface area (Å²) >= 11 is 0. The monoisotopic (exact) mass is 272 g/mol. The standard InChI is InChI=1S/C7H4F4N2O3S/c8-5-1-3-6(4-2-5)17(15,16)13(12-14)7(9,10)11/h1-4H. The molecule has 0 aliphatic heterocycles. The van der Waals surface area contributed by atoms with Gasteiger partial charge in [0.1, 0.15) is 5.82 Å². The van der Waals surface area contributed by atoms with Gasteiger partial charge in [-0.1, -0.05) is 4.41 Å². The van der Waals surface area contributed by atoms with Crippen LogP contribution in [0.1, 0.15) is 0 Å². The molecule has 0 heterocycles. The van der Waals surface area contributed by atoms with Crippen molar-refractivity contribution in [1.82, 2.24) is 4.41 Å². The van der Waals surface area contributed by atoms with E-state index < -0.39 is 31.5 Å². The smallest absolute Gasteiger partial charge is 0.207 e. The Morgan fingerprint density at radius 3 is 1.94 bits per heavy atom. The molecule has 0 aromatic heterocycles. The summed E-state index contributed by atoms with van der Waals surface area (Å²) in [5.41, 5.74) is 0. The van der Waals surface area contributed by atoms with Crippen molar-refractivity contribution in [2.45, 2.75) is 11.2 Å². The number of hydrogen-bond acceptors (Lipinski definition) is 4. The third-order valence-corrected chi connectivity index (χ3v) is 3.23. The number of alkyl halides is 3. The fourth-order valence-electron chi connectivity index (χ4n) is 0.933. The minimum atomic E-state index is -5.48. The maximum atomic E-state index is 12.5. The van der Waals surface area contributed by atoms with Crippen LogP contribution in [0.25, 0.3) is 0 Å². The maximum absolute atomic E-state index is 12.5. The molecule has 0 radical (unpaired) electrons. The second kappa shape index (κ2) is 4.28. The van der Waals surface area contributed by atoms with Crippen LogP contribution < -0.4 is 0 Å². The van der Waals surface area contributed by atoms with Crippen LogP contribution in [0.2, 0.25) is 0 Å². The van der Waals surface area contributed by atoms with Crippen molar-refractivity contribution in [3.8, 4) is 0 Å². The molecule has 0 spiro atoms. The van der Waals surface area contributed by atoms with Gasteiger partial charge in [-0.2, -0.15) is 8.42 Å². The highest BCUT2D eigenvalue weighted by molar-refractivity contribution is 7.89. The quantitative estimate of drug-likeness (QED) is 0.366. The van der Waals surface area contributed by atoms with Gasteiger partial charge in [-0.3, -0.25) is 0 Å². The van der Waals surface area contributed by atoms with E-state index in [-0.39, 0.29) is 0 Å². The second-order valence-electron chi connectivity index (χ2n) is 2.75. The Bertz CT molecular complexity index is 511. The van der Waals surface area contributed by atoms with Gasteiger partial charge in [0.25, 0.3) is 10.0 Å². The van der Waals surface area contributed by atoms with Gasteiger partial charge >= 0.3 is 6.30 Å². The van der Waals surface area contributed by atoms with E-state index in [0.717, 1.165) is 0 Å². The molecule has 0 aliphatic carbocycles. The molecule has 0 N–H and O–H groups in total. The molecule has 1 aromatic rings. The van der Waals surface area contributed by atoms with Gasteiger partial charge in [0.05, 0.1) is 10.2 Å². The summed E-state index contributed by atoms with van der Waals surface area (Å²) in [6.45, 7) is 0. The van der Waals surface area contributed by atoms with Crippen molar-refractivity contribution in [3.05, 3.63) is 35.0 Å². The molecule has 94 valence electrons. The van der Waals surface area contributed by atoms with Gasteiger partial charge in [-0.15, -0.1) is 18.1 Å². The average Bonchev–Trinajstić information content (AvgIpc) is 2.16. The minimum absolute atomic E-state index is 0.592. The van der Waals surface area contributed by atoms with E-state index in [1.165, 1.54) is 5.29 Å². The first-order valence-electron chi connectivity index (χ1n) is 3.90. The summed E-state index contributed by atoms with van der Waals surface area (Å²) in [5.74, 6) is -0.832. The summed E-state index contributed by atoms with van der Waals surface area (Å²) in [5, 5.41) is 1.41. The molecule has 1 rings (SSSR count). The number of nitroso groups, excluding NO2 is 1. The molecule has 0 bridgehead atoms. The van der Waals surface area contributed by atoms with Crippen molar-refractivity contribution in [1.29, 1.82) is 0 Å². The summed E-state index contributed by atoms with van der Waals surface area (Å²) in [6.07, 6.45) is -5.48. The van der Waals surface area contributed by atoms with Gasteiger partial charge < -0.3 is 0 Å². The molecule has 17 heavy (non-hydrogen) atoms. The lowest BCUT2D eigenvalue weighted by Gasteiger charge is -2.17. The second-order valence-corrected chi connectivity index (χ2v) is 4.52. The summed E-state index contributed by atoms with van der Waals surface area (Å²) < 4.78 is 70.0. The van der Waals surface area contributed by atoms with Gasteiger partial charge in [-0.25, -0.2) is 4.39 Å². The number of halogens is 4. The lowest BCUT2D eigenvalue weighted by Crippen LogP contribution is -2.38. The SMILES string of the molecule is O=NN(C(F)(F)F)S(=O)(=O)c1ccc(F)cc1. The van der Waals surface area contributed by atoms with Crippen LogP contribution >= 0.6 is 0 Å². The minimum Gasteiger partial charge on any atom is -0.207 e. The van der Waals surface area contributed by atoms with E-state index in [4.69, 9.17) is 0 Å².